The number of carboxylic acids is 1. The molecule has 0 saturated carbocycles. The lowest BCUT2D eigenvalue weighted by molar-refractivity contribution is -0.255. The average molecular weight is 587 g/mol. The molecule has 0 fully saturated rings. The Bertz CT molecular complexity index is 1700. The van der Waals surface area contributed by atoms with Gasteiger partial charge in [0.15, 0.2) is 5.69 Å². The molecule has 0 spiro atoms. The quantitative estimate of drug-likeness (QED) is 0.203. The Morgan fingerprint density at radius 1 is 1.02 bits per heavy atom. The molecule has 5 aromatic rings. The van der Waals surface area contributed by atoms with E-state index in [1.807, 2.05) is 0 Å². The predicted octanol–water partition coefficient (Wildman–Crippen LogP) is 5.10. The molecule has 0 saturated heterocycles. The number of nitrogens with zero attached hydrogens (tertiary/aromatic N) is 3. The zero-order valence-corrected chi connectivity index (χ0v) is 21.9. The fourth-order valence-electron chi connectivity index (χ4n) is 4.20. The number of carboxylic acid groups (broad SMARTS) is 1. The molecule has 1 atom stereocenters. The highest BCUT2D eigenvalue weighted by molar-refractivity contribution is 7.89. The zero-order valence-electron chi connectivity index (χ0n) is 20.2. The van der Waals surface area contributed by atoms with Crippen LogP contribution in [-0.2, 0) is 24.0 Å². The van der Waals surface area contributed by atoms with Gasteiger partial charge >= 0.3 is 6.18 Å². The molecule has 2 aromatic heterocycles. The van der Waals surface area contributed by atoms with Crippen molar-refractivity contribution in [2.45, 2.75) is 17.5 Å². The van der Waals surface area contributed by atoms with Crippen LogP contribution in [0.4, 0.5) is 17.6 Å². The van der Waals surface area contributed by atoms with Crippen LogP contribution in [0, 0.1) is 5.82 Å². The van der Waals surface area contributed by atoms with E-state index in [0.717, 1.165) is 5.38 Å². The van der Waals surface area contributed by atoms with Gasteiger partial charge < -0.3 is 9.90 Å². The van der Waals surface area contributed by atoms with E-state index in [9.17, 15) is 32.0 Å². The minimum atomic E-state index is -4.90. The van der Waals surface area contributed by atoms with Crippen molar-refractivity contribution < 1.29 is 32.0 Å². The normalized spacial score (nSPS) is 12.4. The van der Waals surface area contributed by atoms with E-state index in [4.69, 9.17) is 5.14 Å². The summed E-state index contributed by atoms with van der Waals surface area (Å²) >= 11 is -0.837. The van der Waals surface area contributed by atoms with Crippen LogP contribution >= 0.6 is 11.3 Å². The molecule has 5 rings (SSSR count). The first-order chi connectivity index (χ1) is 19.0. The van der Waals surface area contributed by atoms with Crippen molar-refractivity contribution >= 4 is 28.7 Å². The Morgan fingerprint density at radius 2 is 1.68 bits per heavy atom. The van der Waals surface area contributed by atoms with Crippen LogP contribution in [0.1, 0.15) is 27.3 Å². The summed E-state index contributed by atoms with van der Waals surface area (Å²) in [5.74, 6) is -2.10. The summed E-state index contributed by atoms with van der Waals surface area (Å²) in [7, 11) is 0. The van der Waals surface area contributed by atoms with Crippen LogP contribution in [0.25, 0.3) is 27.5 Å². The number of aromatic carboxylic acids is 1. The molecule has 0 bridgehead atoms. The number of alkyl halides is 3. The minimum Gasteiger partial charge on any atom is -0.543 e. The number of thiazole rings is 1. The van der Waals surface area contributed by atoms with Gasteiger partial charge in [-0.1, -0.05) is 42.5 Å². The Labute approximate surface area is 231 Å². The second-order valence-corrected chi connectivity index (χ2v) is 10.6. The first kappa shape index (κ1) is 27.5. The summed E-state index contributed by atoms with van der Waals surface area (Å²) < 4.78 is 68.0. The minimum absolute atomic E-state index is 0.0133. The molecule has 3 aromatic carbocycles. The predicted molar refractivity (Wildman–Crippen MR) is 141 cm³/mol. The highest BCUT2D eigenvalue weighted by atomic mass is 32.2. The van der Waals surface area contributed by atoms with Gasteiger partial charge in [0.1, 0.15) is 5.82 Å². The fraction of sp³-hybridized carbons (Fsp3) is 0.0741. The molecule has 204 valence electrons. The fourth-order valence-corrected chi connectivity index (χ4v) is 5.36. The number of hydrogen-bond donors (Lipinski definition) is 2. The van der Waals surface area contributed by atoms with E-state index >= 15 is 0 Å². The van der Waals surface area contributed by atoms with Crippen LogP contribution in [-0.4, -0.2) is 25.3 Å². The summed E-state index contributed by atoms with van der Waals surface area (Å²) in [5.41, 5.74) is 0.0537. The second kappa shape index (κ2) is 10.8. The van der Waals surface area contributed by atoms with Gasteiger partial charge in [-0.05, 0) is 47.0 Å². The third-order valence-electron chi connectivity index (χ3n) is 5.97. The van der Waals surface area contributed by atoms with Crippen LogP contribution < -0.4 is 10.2 Å². The van der Waals surface area contributed by atoms with Gasteiger partial charge in [0.25, 0.3) is 11.4 Å². The second-order valence-electron chi connectivity index (χ2n) is 8.61. The Kier molecular flexibility index (Phi) is 7.47. The van der Waals surface area contributed by atoms with Crippen LogP contribution in [0.5, 0.6) is 0 Å². The number of halogens is 4. The molecular formula is C27H18F4N4O3S2. The number of nitrogens with two attached hydrogens (primary N) is 1. The Balaban J connectivity index is 1.72. The van der Waals surface area contributed by atoms with E-state index < -0.39 is 40.7 Å². The summed E-state index contributed by atoms with van der Waals surface area (Å²) in [5, 5.41) is 21.8. The summed E-state index contributed by atoms with van der Waals surface area (Å²) in [6.07, 6.45) is -5.11. The maximum Gasteiger partial charge on any atom is 0.433 e. The standard InChI is InChI=1S/C27H18F4N4O3S2/c28-19-6-2-4-17(13-19)16-3-1-5-18(12-16)23-21(11-15-7-9-20(10-8-15)40(32)38)24(27(29,30)31)35(34-23)26-33-22(14-39-26)25(36)37/h1-10,12-14,38H,11,32H2. The first-order valence-corrected chi connectivity index (χ1v) is 13.6. The lowest BCUT2D eigenvalue weighted by atomic mass is 9.96. The number of hydrogen-bond acceptors (Lipinski definition) is 7. The van der Waals surface area contributed by atoms with E-state index in [0.29, 0.717) is 43.2 Å². The topological polar surface area (TPSA) is 117 Å². The van der Waals surface area contributed by atoms with Crippen LogP contribution in [0.3, 0.4) is 0 Å². The molecule has 1 unspecified atom stereocenters. The first-order valence-electron chi connectivity index (χ1n) is 11.5. The molecule has 3 N–H and O–H groups in total. The number of benzene rings is 3. The van der Waals surface area contributed by atoms with Crippen molar-refractivity contribution in [3.63, 3.8) is 0 Å². The lowest BCUT2D eigenvalue weighted by Crippen LogP contribution is -2.22. The van der Waals surface area contributed by atoms with Crippen LogP contribution in [0.2, 0.25) is 0 Å². The molecule has 7 nitrogen and oxygen atoms in total. The highest BCUT2D eigenvalue weighted by Gasteiger charge is 2.41. The monoisotopic (exact) mass is 586 g/mol. The van der Waals surface area contributed by atoms with Crippen molar-refractivity contribution in [3.8, 4) is 27.5 Å². The van der Waals surface area contributed by atoms with Crippen molar-refractivity contribution in [2.24, 2.45) is 5.14 Å². The third-order valence-corrected chi connectivity index (χ3v) is 7.55. The molecule has 2 heterocycles. The van der Waals surface area contributed by atoms with E-state index in [2.05, 4.69) is 10.1 Å². The van der Waals surface area contributed by atoms with Crippen molar-refractivity contribution in [1.82, 2.24) is 14.8 Å². The van der Waals surface area contributed by atoms with E-state index in [1.165, 1.54) is 30.3 Å². The van der Waals surface area contributed by atoms with Gasteiger partial charge in [0.2, 0.25) is 10.0 Å². The Morgan fingerprint density at radius 3 is 2.27 bits per heavy atom. The summed E-state index contributed by atoms with van der Waals surface area (Å²) in [6.45, 7) is 0. The van der Waals surface area contributed by atoms with Gasteiger partial charge in [-0.15, -0.1) is 16.5 Å². The number of carbonyl (C=O) groups is 1. The summed E-state index contributed by atoms with van der Waals surface area (Å²) in [6, 6.07) is 18.5. The number of carbonyl (C=O) groups excluding carboxylic acids is 1. The molecule has 0 aliphatic heterocycles. The van der Waals surface area contributed by atoms with E-state index in [1.54, 1.807) is 42.5 Å². The molecular weight excluding hydrogens is 568 g/mol. The van der Waals surface area contributed by atoms with Crippen molar-refractivity contribution in [1.29, 1.82) is 0 Å². The molecule has 40 heavy (non-hydrogen) atoms. The average Bonchev–Trinajstić information content (AvgIpc) is 3.55. The lowest BCUT2D eigenvalue weighted by Gasteiger charge is -2.12. The number of aromatic nitrogens is 3. The molecule has 0 aliphatic rings. The third kappa shape index (κ3) is 5.63. The van der Waals surface area contributed by atoms with Gasteiger partial charge in [-0.25, -0.2) is 14.1 Å². The number of rotatable bonds is 7. The van der Waals surface area contributed by atoms with Gasteiger partial charge in [0, 0.05) is 22.9 Å². The maximum atomic E-state index is 14.6. The molecule has 0 radical (unpaired) electrons. The Hall–Kier alpha value is -4.04. The maximum absolute atomic E-state index is 14.6. The molecule has 0 aliphatic carbocycles. The molecule has 13 heteroatoms. The van der Waals surface area contributed by atoms with Crippen LogP contribution in [0.15, 0.2) is 83.1 Å². The van der Waals surface area contributed by atoms with Gasteiger partial charge in [-0.3, -0.25) is 0 Å². The largest absolute Gasteiger partial charge is 0.543 e. The van der Waals surface area contributed by atoms with Crippen molar-refractivity contribution in [3.05, 3.63) is 107 Å². The van der Waals surface area contributed by atoms with Gasteiger partial charge in [0.05, 0.1) is 17.4 Å². The summed E-state index contributed by atoms with van der Waals surface area (Å²) in [4.78, 5) is 15.5. The molecule has 0 amide bonds. The van der Waals surface area contributed by atoms with E-state index in [-0.39, 0.29) is 22.8 Å². The highest BCUT2D eigenvalue weighted by Crippen LogP contribution is 2.40. The van der Waals surface area contributed by atoms with Gasteiger partial charge in [-0.2, -0.15) is 22.8 Å². The zero-order chi connectivity index (χ0) is 28.6. The van der Waals surface area contributed by atoms with Crippen molar-refractivity contribution in [2.75, 3.05) is 0 Å². The SMILES string of the molecule is N[S+](O)c1ccc(Cc2c(-c3cccc(-c4cccc(F)c4)c3)nn(-c3nc(C(=O)[O-])cs3)c2C(F)(F)F)cc1. The smallest absolute Gasteiger partial charge is 0.433 e.